The molecule has 2 N–H and O–H groups in total. The third kappa shape index (κ3) is 4.63. The molecule has 0 aromatic heterocycles. The highest BCUT2D eigenvalue weighted by molar-refractivity contribution is 5.29. The fourth-order valence-corrected chi connectivity index (χ4v) is 7.21. The van der Waals surface area contributed by atoms with Gasteiger partial charge in [-0.05, 0) is 80.6 Å². The first-order valence-electron chi connectivity index (χ1n) is 12.5. The normalized spacial score (nSPS) is 39.2. The van der Waals surface area contributed by atoms with E-state index in [0.29, 0.717) is 49.3 Å². The fraction of sp³-hybridized carbons (Fsp3) is 0.778. The number of alkyl halides is 2. The summed E-state index contributed by atoms with van der Waals surface area (Å²) in [4.78, 5) is 2.22. The van der Waals surface area contributed by atoms with Gasteiger partial charge in [0, 0.05) is 25.6 Å². The molecule has 0 aromatic rings. The number of halogens is 2. The van der Waals surface area contributed by atoms with Crippen LogP contribution in [0.3, 0.4) is 0 Å². The number of nitrogens with zero attached hydrogens (tertiary/aromatic N) is 1. The molecule has 6 atom stereocenters. The summed E-state index contributed by atoms with van der Waals surface area (Å²) >= 11 is 0. The van der Waals surface area contributed by atoms with Gasteiger partial charge in [0.15, 0.2) is 0 Å². The monoisotopic (exact) mass is 449 g/mol. The molecule has 0 spiro atoms. The minimum Gasteiger partial charge on any atom is -0.388 e. The van der Waals surface area contributed by atoms with Crippen molar-refractivity contribution in [2.75, 3.05) is 19.6 Å². The maximum Gasteiger partial charge on any atom is 0.250 e. The molecule has 5 heteroatoms. The van der Waals surface area contributed by atoms with Gasteiger partial charge in [-0.2, -0.15) is 0 Å². The summed E-state index contributed by atoms with van der Waals surface area (Å²) in [5, 5.41) is 20.3. The average Bonchev–Trinajstić information content (AvgIpc) is 3.03. The second kappa shape index (κ2) is 8.96. The van der Waals surface area contributed by atoms with Gasteiger partial charge in [0.05, 0.1) is 12.2 Å². The van der Waals surface area contributed by atoms with E-state index in [-0.39, 0.29) is 5.41 Å². The standard InChI is InChI=1S/C27H41F2NO2/c1-17(14-30-15-21(16-30)27(4,28)29)22-9-10-23-20(6-5-11-26(22,23)3)8-7-19-12-24(31)18(2)25(32)13-19/h7-8,17,21-25,31-32H,2,5-6,9-16H2,1,3-4H3/b20-8+/t17-,22-,23+,24-,25-,26-/m1/s1. The first kappa shape index (κ1) is 24.1. The van der Waals surface area contributed by atoms with Crippen molar-refractivity contribution in [3.8, 4) is 0 Å². The predicted octanol–water partition coefficient (Wildman–Crippen LogP) is 5.35. The lowest BCUT2D eigenvalue weighted by atomic mass is 9.61. The summed E-state index contributed by atoms with van der Waals surface area (Å²) in [5.74, 6) is -1.30. The molecule has 4 aliphatic rings. The zero-order valence-corrected chi connectivity index (χ0v) is 20.0. The average molecular weight is 450 g/mol. The van der Waals surface area contributed by atoms with Crippen LogP contribution in [0.25, 0.3) is 0 Å². The molecule has 0 aromatic carbocycles. The van der Waals surface area contributed by atoms with E-state index in [1.165, 1.54) is 31.3 Å². The molecule has 180 valence electrons. The van der Waals surface area contributed by atoms with E-state index >= 15 is 0 Å². The molecule has 1 saturated heterocycles. The SMILES string of the molecule is C=C1[C@H](O)CC(=C/C=C2\CCC[C@]3(C)[C@@H]([C@H](C)CN4CC(C(C)(F)F)C4)CC[C@@H]23)C[C@H]1O. The Morgan fingerprint density at radius 1 is 1.19 bits per heavy atom. The van der Waals surface area contributed by atoms with Gasteiger partial charge in [-0.25, -0.2) is 8.78 Å². The van der Waals surface area contributed by atoms with Crippen molar-refractivity contribution in [3.05, 3.63) is 35.5 Å². The van der Waals surface area contributed by atoms with Crippen molar-refractivity contribution >= 4 is 0 Å². The molecule has 3 aliphatic carbocycles. The number of aliphatic hydroxyl groups excluding tert-OH is 2. The molecule has 0 bridgehead atoms. The fourth-order valence-electron chi connectivity index (χ4n) is 7.21. The first-order valence-corrected chi connectivity index (χ1v) is 12.5. The smallest absolute Gasteiger partial charge is 0.250 e. The lowest BCUT2D eigenvalue weighted by Crippen LogP contribution is -2.55. The van der Waals surface area contributed by atoms with Gasteiger partial charge in [-0.15, -0.1) is 0 Å². The Kier molecular flexibility index (Phi) is 6.75. The van der Waals surface area contributed by atoms with Crippen LogP contribution < -0.4 is 0 Å². The third-order valence-electron chi connectivity index (χ3n) is 9.25. The Balaban J connectivity index is 1.40. The van der Waals surface area contributed by atoms with Crippen LogP contribution in [0.4, 0.5) is 8.78 Å². The van der Waals surface area contributed by atoms with Gasteiger partial charge in [-0.3, -0.25) is 0 Å². The van der Waals surface area contributed by atoms with Crippen LogP contribution in [-0.4, -0.2) is 52.9 Å². The second-order valence-corrected chi connectivity index (χ2v) is 11.5. The largest absolute Gasteiger partial charge is 0.388 e. The molecule has 3 saturated carbocycles. The van der Waals surface area contributed by atoms with E-state index in [1.54, 1.807) is 0 Å². The summed E-state index contributed by atoms with van der Waals surface area (Å²) in [6.07, 6.45) is 10.2. The molecule has 1 heterocycles. The number of allylic oxidation sites excluding steroid dienone is 3. The summed E-state index contributed by atoms with van der Waals surface area (Å²) < 4.78 is 27.0. The first-order chi connectivity index (χ1) is 15.0. The van der Waals surface area contributed by atoms with Gasteiger partial charge in [-0.1, -0.05) is 43.7 Å². The lowest BCUT2D eigenvalue weighted by Gasteiger charge is -2.47. The highest BCUT2D eigenvalue weighted by Gasteiger charge is 2.51. The zero-order chi connectivity index (χ0) is 23.3. The third-order valence-corrected chi connectivity index (χ3v) is 9.25. The minimum absolute atomic E-state index is 0.279. The Morgan fingerprint density at radius 3 is 2.47 bits per heavy atom. The summed E-state index contributed by atoms with van der Waals surface area (Å²) in [6.45, 7) is 11.6. The number of rotatable bonds is 5. The van der Waals surface area contributed by atoms with E-state index in [0.717, 1.165) is 25.5 Å². The van der Waals surface area contributed by atoms with E-state index in [4.69, 9.17) is 0 Å². The summed E-state index contributed by atoms with van der Waals surface area (Å²) in [5.41, 5.74) is 3.42. The van der Waals surface area contributed by atoms with E-state index < -0.39 is 24.0 Å². The van der Waals surface area contributed by atoms with Crippen molar-refractivity contribution in [2.24, 2.45) is 29.1 Å². The Hall–Kier alpha value is -1.04. The van der Waals surface area contributed by atoms with Crippen LogP contribution in [0.15, 0.2) is 35.5 Å². The Bertz CT molecular complexity index is 763. The maximum atomic E-state index is 13.5. The number of hydrogen-bond acceptors (Lipinski definition) is 3. The zero-order valence-electron chi connectivity index (χ0n) is 20.0. The quantitative estimate of drug-likeness (QED) is 0.556. The highest BCUT2D eigenvalue weighted by Crippen LogP contribution is 2.59. The van der Waals surface area contributed by atoms with Crippen LogP contribution in [0.1, 0.15) is 65.7 Å². The highest BCUT2D eigenvalue weighted by atomic mass is 19.3. The molecule has 3 nitrogen and oxygen atoms in total. The van der Waals surface area contributed by atoms with Gasteiger partial charge < -0.3 is 15.1 Å². The molecule has 0 amide bonds. The summed E-state index contributed by atoms with van der Waals surface area (Å²) in [6, 6.07) is 0. The van der Waals surface area contributed by atoms with E-state index in [2.05, 4.69) is 37.5 Å². The molecular weight excluding hydrogens is 408 g/mol. The van der Waals surface area contributed by atoms with Crippen molar-refractivity contribution in [1.29, 1.82) is 0 Å². The molecule has 4 rings (SSSR count). The molecule has 1 aliphatic heterocycles. The molecular formula is C27H41F2NO2. The Morgan fingerprint density at radius 2 is 1.84 bits per heavy atom. The minimum atomic E-state index is -2.56. The molecule has 0 radical (unpaired) electrons. The van der Waals surface area contributed by atoms with E-state index in [9.17, 15) is 19.0 Å². The predicted molar refractivity (Wildman–Crippen MR) is 124 cm³/mol. The topological polar surface area (TPSA) is 43.7 Å². The van der Waals surface area contributed by atoms with Gasteiger partial charge in [0.2, 0.25) is 0 Å². The van der Waals surface area contributed by atoms with Gasteiger partial charge in [0.25, 0.3) is 5.92 Å². The van der Waals surface area contributed by atoms with Crippen molar-refractivity contribution in [3.63, 3.8) is 0 Å². The van der Waals surface area contributed by atoms with Crippen LogP contribution >= 0.6 is 0 Å². The lowest BCUT2D eigenvalue weighted by molar-refractivity contribution is -0.109. The summed E-state index contributed by atoms with van der Waals surface area (Å²) in [7, 11) is 0. The number of hydrogen-bond donors (Lipinski definition) is 2. The van der Waals surface area contributed by atoms with Crippen LogP contribution in [0.2, 0.25) is 0 Å². The number of fused-ring (bicyclic) bond motifs is 1. The van der Waals surface area contributed by atoms with Crippen molar-refractivity contribution in [2.45, 2.75) is 83.8 Å². The van der Waals surface area contributed by atoms with Crippen LogP contribution in [0, 0.1) is 29.1 Å². The van der Waals surface area contributed by atoms with Crippen LogP contribution in [-0.2, 0) is 0 Å². The van der Waals surface area contributed by atoms with Crippen molar-refractivity contribution in [1.82, 2.24) is 4.90 Å². The molecule has 0 unspecified atom stereocenters. The molecule has 4 fully saturated rings. The van der Waals surface area contributed by atoms with Gasteiger partial charge >= 0.3 is 0 Å². The maximum absolute atomic E-state index is 13.5. The molecule has 32 heavy (non-hydrogen) atoms. The Labute approximate surface area is 192 Å². The van der Waals surface area contributed by atoms with Gasteiger partial charge in [0.1, 0.15) is 0 Å². The number of likely N-dealkylation sites (tertiary alicyclic amines) is 1. The van der Waals surface area contributed by atoms with Crippen LogP contribution in [0.5, 0.6) is 0 Å². The van der Waals surface area contributed by atoms with E-state index in [1.807, 2.05) is 0 Å². The van der Waals surface area contributed by atoms with Crippen molar-refractivity contribution < 1.29 is 19.0 Å². The second-order valence-electron chi connectivity index (χ2n) is 11.5. The number of aliphatic hydroxyl groups is 2.